The molecule has 2 fully saturated rings. The number of aromatic nitrogens is 4. The summed E-state index contributed by atoms with van der Waals surface area (Å²) in [7, 11) is 0. The molecule has 0 aliphatic carbocycles. The first kappa shape index (κ1) is 31.8. The van der Waals surface area contributed by atoms with Gasteiger partial charge in [-0.2, -0.15) is 0 Å². The van der Waals surface area contributed by atoms with Crippen molar-refractivity contribution >= 4 is 11.9 Å². The monoisotopic (exact) mass is 616 g/mol. The van der Waals surface area contributed by atoms with E-state index < -0.39 is 71.2 Å². The minimum Gasteiger partial charge on any atom is -0.463 e. The number of carbonyl (C=O) groups is 2. The third-order valence-corrected chi connectivity index (χ3v) is 7.07. The van der Waals surface area contributed by atoms with Crippen LogP contribution >= 0.6 is 0 Å². The molecule has 20 nitrogen and oxygen atoms in total. The fourth-order valence-electron chi connectivity index (χ4n) is 4.75. The van der Waals surface area contributed by atoms with Crippen molar-refractivity contribution in [1.82, 2.24) is 19.1 Å². The molecule has 6 atom stereocenters. The number of azide groups is 2. The second-order valence-electron chi connectivity index (χ2n) is 10.1. The van der Waals surface area contributed by atoms with Crippen molar-refractivity contribution in [3.63, 3.8) is 0 Å². The molecule has 2 aliphatic rings. The maximum absolute atomic E-state index is 12.3. The lowest BCUT2D eigenvalue weighted by molar-refractivity contribution is -0.155. The van der Waals surface area contributed by atoms with Gasteiger partial charge in [0.1, 0.15) is 37.9 Å². The Hall–Kier alpha value is -5.16. The van der Waals surface area contributed by atoms with E-state index >= 15 is 0 Å². The topological polar surface area (TPSA) is 278 Å². The Balaban J connectivity index is 1.26. The van der Waals surface area contributed by atoms with Crippen molar-refractivity contribution in [2.75, 3.05) is 13.2 Å². The van der Waals surface area contributed by atoms with Crippen molar-refractivity contribution < 1.29 is 28.5 Å². The third kappa shape index (κ3) is 7.42. The van der Waals surface area contributed by atoms with Gasteiger partial charge in [-0.1, -0.05) is 10.2 Å². The molecule has 0 amide bonds. The molecule has 2 unspecified atom stereocenters. The summed E-state index contributed by atoms with van der Waals surface area (Å²) in [5.41, 5.74) is 15.8. The van der Waals surface area contributed by atoms with Crippen LogP contribution in [0.3, 0.4) is 0 Å². The molecule has 234 valence electrons. The number of hydrogen-bond acceptors (Lipinski definition) is 12. The van der Waals surface area contributed by atoms with E-state index in [2.05, 4.69) is 30.0 Å². The molecule has 0 aromatic carbocycles. The third-order valence-electron chi connectivity index (χ3n) is 7.07. The number of aromatic amines is 2. The zero-order valence-corrected chi connectivity index (χ0v) is 23.5. The molecule has 2 aromatic heterocycles. The van der Waals surface area contributed by atoms with Crippen LogP contribution in [0.4, 0.5) is 0 Å². The predicted molar refractivity (Wildman–Crippen MR) is 146 cm³/mol. The zero-order chi connectivity index (χ0) is 32.0. The Morgan fingerprint density at radius 2 is 1.20 bits per heavy atom. The number of carbonyl (C=O) groups excluding carboxylic acids is 2. The van der Waals surface area contributed by atoms with Crippen molar-refractivity contribution in [2.45, 2.75) is 76.3 Å². The maximum atomic E-state index is 12.3. The van der Waals surface area contributed by atoms with Gasteiger partial charge in [-0.15, -0.1) is 0 Å². The van der Waals surface area contributed by atoms with E-state index in [-0.39, 0.29) is 50.0 Å². The van der Waals surface area contributed by atoms with Crippen molar-refractivity contribution in [3.05, 3.63) is 86.1 Å². The minimum atomic E-state index is -0.894. The van der Waals surface area contributed by atoms with Gasteiger partial charge in [0.2, 0.25) is 0 Å². The van der Waals surface area contributed by atoms with Crippen LogP contribution in [0.2, 0.25) is 0 Å². The molecule has 2 aromatic rings. The molecule has 0 radical (unpaired) electrons. The first-order valence-corrected chi connectivity index (χ1v) is 13.4. The van der Waals surface area contributed by atoms with Crippen molar-refractivity contribution in [3.8, 4) is 0 Å². The highest BCUT2D eigenvalue weighted by Crippen LogP contribution is 2.31. The van der Waals surface area contributed by atoms with Gasteiger partial charge >= 0.3 is 23.3 Å². The molecule has 44 heavy (non-hydrogen) atoms. The van der Waals surface area contributed by atoms with Crippen LogP contribution in [-0.4, -0.2) is 68.5 Å². The molecule has 2 aliphatic heterocycles. The summed E-state index contributed by atoms with van der Waals surface area (Å²) in [6.45, 7) is 2.35. The molecule has 0 saturated carbocycles. The number of nitrogens with one attached hydrogen (secondary N) is 2. The number of ether oxygens (including phenoxy) is 4. The molecular weight excluding hydrogens is 588 g/mol. The van der Waals surface area contributed by atoms with Gasteiger partial charge < -0.3 is 18.9 Å². The number of rotatable bonds is 11. The quantitative estimate of drug-likeness (QED) is 0.153. The van der Waals surface area contributed by atoms with E-state index in [1.54, 1.807) is 0 Å². The SMILES string of the molecule is Cc1cn([C@H]2CC(N=[N+]=[N-])[C@@H](COC(=O)CCC(=O)OC[C@H]3O[C@@H](n4cc(C)c(=O)[nH]c4=O)CC3N=[N+]=[N-])O2)c(=O)[nH]c1=O. The fourth-order valence-corrected chi connectivity index (χ4v) is 4.75. The van der Waals surface area contributed by atoms with Gasteiger partial charge in [-0.25, -0.2) is 9.59 Å². The number of nitrogens with zero attached hydrogens (tertiary/aromatic N) is 8. The molecule has 20 heteroatoms. The minimum absolute atomic E-state index is 0.0847. The fraction of sp³-hybridized carbons (Fsp3) is 0.583. The van der Waals surface area contributed by atoms with Crippen LogP contribution in [0.1, 0.15) is 49.3 Å². The number of hydrogen-bond donors (Lipinski definition) is 2. The molecule has 4 rings (SSSR count). The van der Waals surface area contributed by atoms with Crippen LogP contribution in [-0.2, 0) is 28.5 Å². The average Bonchev–Trinajstić information content (AvgIpc) is 3.57. The average molecular weight is 617 g/mol. The smallest absolute Gasteiger partial charge is 0.330 e. The summed E-state index contributed by atoms with van der Waals surface area (Å²) in [5.74, 6) is -1.55. The van der Waals surface area contributed by atoms with Gasteiger partial charge in [0.15, 0.2) is 0 Å². The first-order chi connectivity index (χ1) is 21.0. The summed E-state index contributed by atoms with van der Waals surface area (Å²) in [6.07, 6.45) is -1.48. The highest BCUT2D eigenvalue weighted by atomic mass is 16.6. The van der Waals surface area contributed by atoms with E-state index in [1.807, 2.05) is 0 Å². The van der Waals surface area contributed by atoms with Gasteiger partial charge in [0.05, 0.1) is 24.9 Å². The van der Waals surface area contributed by atoms with Gasteiger partial charge in [-0.05, 0) is 24.9 Å². The summed E-state index contributed by atoms with van der Waals surface area (Å²) >= 11 is 0. The standard InChI is InChI=1S/C24H28N10O10/c1-11-7-33(23(39)27-21(11)37)17-5-13(29-31-25)15(43-17)9-41-19(35)3-4-20(36)42-10-16-14(30-32-26)6-18(44-16)34-8-12(2)22(38)28-24(34)40/h7-8,13-18H,3-6,9-10H2,1-2H3,(H,27,37,39)(H,28,38,40)/t13?,14?,15-,16-,17-,18-/m1/s1. The summed E-state index contributed by atoms with van der Waals surface area (Å²) in [4.78, 5) is 82.2. The lowest BCUT2D eigenvalue weighted by atomic mass is 10.1. The van der Waals surface area contributed by atoms with E-state index in [1.165, 1.54) is 26.2 Å². The second-order valence-corrected chi connectivity index (χ2v) is 10.1. The summed E-state index contributed by atoms with van der Waals surface area (Å²) < 4.78 is 24.2. The highest BCUT2D eigenvalue weighted by molar-refractivity contribution is 5.77. The van der Waals surface area contributed by atoms with Crippen LogP contribution in [0.5, 0.6) is 0 Å². The van der Waals surface area contributed by atoms with Crippen LogP contribution in [0.15, 0.2) is 41.8 Å². The highest BCUT2D eigenvalue weighted by Gasteiger charge is 2.38. The lowest BCUT2D eigenvalue weighted by Gasteiger charge is -2.17. The van der Waals surface area contributed by atoms with Gasteiger partial charge in [0.25, 0.3) is 11.1 Å². The van der Waals surface area contributed by atoms with E-state index in [0.717, 1.165) is 9.13 Å². The zero-order valence-electron chi connectivity index (χ0n) is 23.5. The number of H-pyrrole nitrogens is 2. The normalized spacial score (nSPS) is 24.2. The van der Waals surface area contributed by atoms with Crippen LogP contribution in [0, 0.1) is 13.8 Å². The van der Waals surface area contributed by atoms with E-state index in [0.29, 0.717) is 0 Å². The van der Waals surface area contributed by atoms with E-state index in [4.69, 9.17) is 30.0 Å². The van der Waals surface area contributed by atoms with Crippen LogP contribution < -0.4 is 22.5 Å². The largest absolute Gasteiger partial charge is 0.463 e. The number of aryl methyl sites for hydroxylation is 2. The Morgan fingerprint density at radius 1 is 0.818 bits per heavy atom. The van der Waals surface area contributed by atoms with Crippen LogP contribution in [0.25, 0.3) is 20.9 Å². The van der Waals surface area contributed by atoms with Gasteiger partial charge in [0, 0.05) is 46.2 Å². The molecule has 0 bridgehead atoms. The Kier molecular flexibility index (Phi) is 10.0. The Labute approximate surface area is 245 Å². The predicted octanol–water partition coefficient (Wildman–Crippen LogP) is 0.503. The number of esters is 2. The van der Waals surface area contributed by atoms with Crippen molar-refractivity contribution in [1.29, 1.82) is 0 Å². The molecule has 0 spiro atoms. The summed E-state index contributed by atoms with van der Waals surface area (Å²) in [6, 6.07) is -1.56. The lowest BCUT2D eigenvalue weighted by Crippen LogP contribution is -2.33. The maximum Gasteiger partial charge on any atom is 0.330 e. The second kappa shape index (κ2) is 13.9. The Morgan fingerprint density at radius 3 is 1.57 bits per heavy atom. The first-order valence-electron chi connectivity index (χ1n) is 13.4. The molecular formula is C24H28N10O10. The van der Waals surface area contributed by atoms with E-state index in [9.17, 15) is 28.8 Å². The molecule has 4 heterocycles. The molecule has 2 N–H and O–H groups in total. The summed E-state index contributed by atoms with van der Waals surface area (Å²) in [5, 5.41) is 7.30. The Bertz CT molecular complexity index is 1620. The van der Waals surface area contributed by atoms with Gasteiger partial charge in [-0.3, -0.25) is 38.3 Å². The van der Waals surface area contributed by atoms with Crippen molar-refractivity contribution in [2.24, 2.45) is 10.2 Å². The molecule has 2 saturated heterocycles.